The van der Waals surface area contributed by atoms with Gasteiger partial charge in [-0.15, -0.1) is 0 Å². The highest BCUT2D eigenvalue weighted by Crippen LogP contribution is 2.35. The van der Waals surface area contributed by atoms with Crippen molar-refractivity contribution in [2.75, 3.05) is 25.1 Å². The molecule has 1 aromatic heterocycles. The molecule has 1 aliphatic heterocycles. The number of carbonyl (C=O) groups excluding carboxylic acids is 1. The average molecular weight is 439 g/mol. The van der Waals surface area contributed by atoms with Crippen molar-refractivity contribution in [2.24, 2.45) is 0 Å². The van der Waals surface area contributed by atoms with Crippen LogP contribution in [0.2, 0.25) is 0 Å². The fourth-order valence-electron chi connectivity index (χ4n) is 3.12. The van der Waals surface area contributed by atoms with Crippen LogP contribution in [0.1, 0.15) is 26.7 Å². The van der Waals surface area contributed by atoms with Crippen molar-refractivity contribution in [3.63, 3.8) is 0 Å². The molecule has 0 bridgehead atoms. The average Bonchev–Trinajstić information content (AvgIpc) is 3.29. The Morgan fingerprint density at radius 1 is 1.03 bits per heavy atom. The first-order chi connectivity index (χ1) is 15.7. The number of hydrogen-bond acceptors (Lipinski definition) is 8. The minimum absolute atomic E-state index is 0.0852. The van der Waals surface area contributed by atoms with Gasteiger partial charge >= 0.3 is 0 Å². The number of hydrogen-bond donors (Lipinski definition) is 1. The monoisotopic (exact) mass is 439 g/mol. The third-order valence-electron chi connectivity index (χ3n) is 4.67. The molecular weight excluding hydrogens is 414 g/mol. The first kappa shape index (κ1) is 21.5. The van der Waals surface area contributed by atoms with E-state index in [1.165, 1.54) is 0 Å². The Hall–Kier alpha value is -3.75. The summed E-state index contributed by atoms with van der Waals surface area (Å²) in [5.74, 6) is 2.13. The minimum atomic E-state index is -0.831. The van der Waals surface area contributed by atoms with Crippen molar-refractivity contribution < 1.29 is 28.4 Å². The van der Waals surface area contributed by atoms with Crippen LogP contribution in [0.3, 0.4) is 0 Å². The third-order valence-corrected chi connectivity index (χ3v) is 4.67. The molecule has 0 unspecified atom stereocenters. The molecule has 0 fully saturated rings. The zero-order chi connectivity index (χ0) is 22.3. The maximum Gasteiger partial charge on any atom is 0.270 e. The molecule has 2 heterocycles. The first-order valence-corrected chi connectivity index (χ1v) is 10.6. The number of ether oxygens (including phenoxy) is 4. The van der Waals surface area contributed by atoms with Crippen molar-refractivity contribution >= 4 is 11.7 Å². The van der Waals surface area contributed by atoms with E-state index in [2.05, 4.69) is 15.6 Å². The number of para-hydroxylation sites is 2. The molecule has 9 heteroatoms. The standard InChI is InChI=1S/C23H25N3O6/c1-3-11-28-17-10-9-15(13-19(17)29-12-4-2)21-22(26-32-25-21)24-23(27)20-14-30-16-7-5-6-8-18(16)31-20/h5-10,13,20H,3-4,11-12,14H2,1-2H3,(H,24,26,27)/t20-/m0/s1. The molecule has 9 nitrogen and oxygen atoms in total. The van der Waals surface area contributed by atoms with Crippen LogP contribution in [0.25, 0.3) is 11.3 Å². The zero-order valence-corrected chi connectivity index (χ0v) is 18.0. The summed E-state index contributed by atoms with van der Waals surface area (Å²) in [6.45, 7) is 5.29. The number of aromatic nitrogens is 2. The van der Waals surface area contributed by atoms with Crippen LogP contribution in [0.4, 0.5) is 5.82 Å². The maximum atomic E-state index is 12.8. The summed E-state index contributed by atoms with van der Waals surface area (Å²) >= 11 is 0. The lowest BCUT2D eigenvalue weighted by molar-refractivity contribution is -0.125. The third kappa shape index (κ3) is 4.77. The normalized spacial score (nSPS) is 14.6. The van der Waals surface area contributed by atoms with E-state index in [-0.39, 0.29) is 12.4 Å². The predicted molar refractivity (Wildman–Crippen MR) is 116 cm³/mol. The van der Waals surface area contributed by atoms with Gasteiger partial charge < -0.3 is 24.3 Å². The number of carbonyl (C=O) groups is 1. The maximum absolute atomic E-state index is 12.8. The highest BCUT2D eigenvalue weighted by Gasteiger charge is 2.29. The number of fused-ring (bicyclic) bond motifs is 1. The molecule has 0 radical (unpaired) electrons. The van der Waals surface area contributed by atoms with Crippen LogP contribution >= 0.6 is 0 Å². The smallest absolute Gasteiger partial charge is 0.270 e. The van der Waals surface area contributed by atoms with Crippen molar-refractivity contribution in [1.82, 2.24) is 10.3 Å². The second kappa shape index (κ2) is 10.0. The number of amides is 1. The van der Waals surface area contributed by atoms with Crippen molar-refractivity contribution in [3.05, 3.63) is 42.5 Å². The van der Waals surface area contributed by atoms with E-state index in [1.807, 2.05) is 38.1 Å². The van der Waals surface area contributed by atoms with Gasteiger partial charge in [-0.3, -0.25) is 4.79 Å². The molecule has 0 saturated heterocycles. The Morgan fingerprint density at radius 3 is 2.56 bits per heavy atom. The molecule has 4 rings (SSSR count). The van der Waals surface area contributed by atoms with E-state index in [4.69, 9.17) is 23.6 Å². The Kier molecular flexibility index (Phi) is 6.74. The largest absolute Gasteiger partial charge is 0.490 e. The quantitative estimate of drug-likeness (QED) is 0.531. The molecular formula is C23H25N3O6. The predicted octanol–water partition coefficient (Wildman–Crippen LogP) is 4.09. The van der Waals surface area contributed by atoms with Gasteiger partial charge in [0, 0.05) is 5.56 Å². The number of nitrogens with zero attached hydrogens (tertiary/aromatic N) is 2. The molecule has 1 amide bonds. The van der Waals surface area contributed by atoms with Crippen LogP contribution < -0.4 is 24.3 Å². The Balaban J connectivity index is 1.51. The summed E-state index contributed by atoms with van der Waals surface area (Å²) in [5.41, 5.74) is 1.04. The van der Waals surface area contributed by atoms with Gasteiger partial charge in [-0.2, -0.15) is 0 Å². The van der Waals surface area contributed by atoms with Crippen LogP contribution in [0, 0.1) is 0 Å². The summed E-state index contributed by atoms with van der Waals surface area (Å²) in [4.78, 5) is 12.8. The summed E-state index contributed by atoms with van der Waals surface area (Å²) < 4.78 is 27.9. The minimum Gasteiger partial charge on any atom is -0.490 e. The first-order valence-electron chi connectivity index (χ1n) is 10.6. The molecule has 1 atom stereocenters. The lowest BCUT2D eigenvalue weighted by Crippen LogP contribution is -2.40. The summed E-state index contributed by atoms with van der Waals surface area (Å²) in [6.07, 6.45) is 0.912. The molecule has 3 aromatic rings. The van der Waals surface area contributed by atoms with Gasteiger partial charge in [0.1, 0.15) is 6.61 Å². The fraction of sp³-hybridized carbons (Fsp3) is 0.348. The second-order valence-corrected chi connectivity index (χ2v) is 7.17. The summed E-state index contributed by atoms with van der Waals surface area (Å²) in [7, 11) is 0. The number of nitrogens with one attached hydrogen (secondary N) is 1. The molecule has 2 aromatic carbocycles. The van der Waals surface area contributed by atoms with Gasteiger partial charge in [-0.05, 0) is 53.5 Å². The Morgan fingerprint density at radius 2 is 1.78 bits per heavy atom. The summed E-state index contributed by atoms with van der Waals surface area (Å²) in [6, 6.07) is 12.6. The van der Waals surface area contributed by atoms with Gasteiger partial charge in [0.2, 0.25) is 11.9 Å². The second-order valence-electron chi connectivity index (χ2n) is 7.17. The van der Waals surface area contributed by atoms with Crippen molar-refractivity contribution in [2.45, 2.75) is 32.8 Å². The number of anilines is 1. The molecule has 0 saturated carbocycles. The van der Waals surface area contributed by atoms with Gasteiger partial charge in [0.05, 0.1) is 13.2 Å². The van der Waals surface area contributed by atoms with E-state index in [0.29, 0.717) is 47.5 Å². The number of benzene rings is 2. The fourth-order valence-corrected chi connectivity index (χ4v) is 3.12. The van der Waals surface area contributed by atoms with Gasteiger partial charge in [-0.25, -0.2) is 4.63 Å². The Bertz CT molecular complexity index is 1070. The van der Waals surface area contributed by atoms with Gasteiger partial charge in [0.15, 0.2) is 28.7 Å². The lowest BCUT2D eigenvalue weighted by Gasteiger charge is -2.25. The van der Waals surface area contributed by atoms with E-state index in [9.17, 15) is 4.79 Å². The van der Waals surface area contributed by atoms with E-state index in [1.54, 1.807) is 18.2 Å². The van der Waals surface area contributed by atoms with Crippen LogP contribution in [0.5, 0.6) is 23.0 Å². The van der Waals surface area contributed by atoms with Crippen LogP contribution in [0.15, 0.2) is 47.1 Å². The van der Waals surface area contributed by atoms with Crippen molar-refractivity contribution in [1.29, 1.82) is 0 Å². The molecule has 1 aliphatic rings. The zero-order valence-electron chi connectivity index (χ0n) is 18.0. The van der Waals surface area contributed by atoms with Crippen LogP contribution in [-0.4, -0.2) is 42.1 Å². The molecule has 0 spiro atoms. The highest BCUT2D eigenvalue weighted by atomic mass is 16.6. The van der Waals surface area contributed by atoms with E-state index in [0.717, 1.165) is 12.8 Å². The van der Waals surface area contributed by atoms with Gasteiger partial charge in [-0.1, -0.05) is 26.0 Å². The van der Waals surface area contributed by atoms with Gasteiger partial charge in [0.25, 0.3) is 5.91 Å². The molecule has 32 heavy (non-hydrogen) atoms. The summed E-state index contributed by atoms with van der Waals surface area (Å²) in [5, 5.41) is 10.5. The molecule has 0 aliphatic carbocycles. The van der Waals surface area contributed by atoms with Crippen LogP contribution in [-0.2, 0) is 4.79 Å². The topological polar surface area (TPSA) is 105 Å². The van der Waals surface area contributed by atoms with E-state index < -0.39 is 12.0 Å². The highest BCUT2D eigenvalue weighted by molar-refractivity contribution is 5.96. The number of rotatable bonds is 9. The molecule has 1 N–H and O–H groups in total. The molecule has 168 valence electrons. The van der Waals surface area contributed by atoms with E-state index >= 15 is 0 Å². The lowest BCUT2D eigenvalue weighted by atomic mass is 10.1. The Labute approximate surface area is 185 Å². The van der Waals surface area contributed by atoms with Crippen molar-refractivity contribution in [3.8, 4) is 34.3 Å². The SMILES string of the molecule is CCCOc1ccc(-c2nonc2NC(=O)[C@@H]2COc3ccccc3O2)cc1OCCC.